The van der Waals surface area contributed by atoms with Crippen LogP contribution >= 0.6 is 43.5 Å². The second-order valence-corrected chi connectivity index (χ2v) is 7.66. The number of methoxy groups -OCH3 is 1. The van der Waals surface area contributed by atoms with Gasteiger partial charge < -0.3 is 22.3 Å². The van der Waals surface area contributed by atoms with Gasteiger partial charge in [0.1, 0.15) is 5.75 Å². The summed E-state index contributed by atoms with van der Waals surface area (Å²) in [7, 11) is 1.55. The number of allylic oxidation sites excluding steroid dienone is 2. The Balaban J connectivity index is 2.08. The summed E-state index contributed by atoms with van der Waals surface area (Å²) in [6, 6.07) is 8.50. The predicted molar refractivity (Wildman–Crippen MR) is 103 cm³/mol. The van der Waals surface area contributed by atoms with E-state index in [9.17, 15) is 0 Å². The Bertz CT molecular complexity index is 1010. The number of benzene rings is 1. The molecular weight excluding hydrogens is 480 g/mol. The van der Waals surface area contributed by atoms with Crippen molar-refractivity contribution < 1.29 is 17.9 Å². The third-order valence-electron chi connectivity index (χ3n) is 4.32. The standard InChI is InChI=1S/C16H10BBr2ClF2N2O/c1-25-9-2-3-10(11(20)8-9)16-12-4-6-14(18)23(12)17(21,22)24-13(16)5-7-15(24)19/h2-8H,1H3. The maximum absolute atomic E-state index is 15.1. The van der Waals surface area contributed by atoms with Crippen LogP contribution in [0.15, 0.2) is 52.8 Å². The molecule has 0 radical (unpaired) electrons. The molecule has 25 heavy (non-hydrogen) atoms. The van der Waals surface area contributed by atoms with Gasteiger partial charge in [-0.1, -0.05) is 11.6 Å². The highest BCUT2D eigenvalue weighted by molar-refractivity contribution is 9.18. The normalized spacial score (nSPS) is 17.8. The summed E-state index contributed by atoms with van der Waals surface area (Å²) in [5, 5.41) is 0.430. The van der Waals surface area contributed by atoms with Crippen LogP contribution in [0, 0.1) is 0 Å². The molecule has 0 aliphatic carbocycles. The van der Waals surface area contributed by atoms with Gasteiger partial charge in [0.15, 0.2) is 5.70 Å². The molecule has 3 nitrogen and oxygen atoms in total. The van der Waals surface area contributed by atoms with Crippen molar-refractivity contribution in [2.75, 3.05) is 7.11 Å². The van der Waals surface area contributed by atoms with Gasteiger partial charge in [-0.3, -0.25) is 0 Å². The summed E-state index contributed by atoms with van der Waals surface area (Å²) in [5.41, 5.74) is 2.11. The van der Waals surface area contributed by atoms with Crippen LogP contribution in [0.3, 0.4) is 0 Å². The molecule has 128 valence electrons. The highest BCUT2D eigenvalue weighted by Gasteiger charge is 2.54. The first-order valence-electron chi connectivity index (χ1n) is 7.34. The number of hydrogen-bond acceptors (Lipinski definition) is 1. The van der Waals surface area contributed by atoms with Gasteiger partial charge >= 0.3 is 6.97 Å². The summed E-state index contributed by atoms with van der Waals surface area (Å²) in [6.45, 7) is -4.04. The lowest BCUT2D eigenvalue weighted by atomic mass is 9.86. The number of halogens is 5. The molecule has 0 fully saturated rings. The van der Waals surface area contributed by atoms with Gasteiger partial charge in [0, 0.05) is 39.3 Å². The molecule has 3 heterocycles. The number of fused-ring (bicyclic) bond motifs is 2. The molecule has 0 saturated carbocycles. The fourth-order valence-electron chi connectivity index (χ4n) is 3.23. The fraction of sp³-hybridized carbons (Fsp3) is 0.0625. The lowest BCUT2D eigenvalue weighted by Gasteiger charge is -2.32. The van der Waals surface area contributed by atoms with E-state index in [4.69, 9.17) is 16.3 Å². The van der Waals surface area contributed by atoms with E-state index in [-0.39, 0.29) is 0 Å². The van der Waals surface area contributed by atoms with Gasteiger partial charge in [-0.2, -0.15) is 0 Å². The first-order valence-corrected chi connectivity index (χ1v) is 9.30. The Kier molecular flexibility index (Phi) is 3.97. The Morgan fingerprint density at radius 1 is 1.16 bits per heavy atom. The first kappa shape index (κ1) is 17.1. The zero-order chi connectivity index (χ0) is 17.9. The third-order valence-corrected chi connectivity index (χ3v) is 5.92. The van der Waals surface area contributed by atoms with Crippen molar-refractivity contribution in [1.82, 2.24) is 4.48 Å². The Morgan fingerprint density at radius 2 is 1.92 bits per heavy atom. The third kappa shape index (κ3) is 2.38. The van der Waals surface area contributed by atoms with Crippen molar-refractivity contribution in [2.45, 2.75) is 0 Å². The van der Waals surface area contributed by atoms with Gasteiger partial charge in [0.25, 0.3) is 0 Å². The zero-order valence-electron chi connectivity index (χ0n) is 12.8. The summed E-state index contributed by atoms with van der Waals surface area (Å²) in [4.78, 5) is 0. The van der Waals surface area contributed by atoms with Gasteiger partial charge in [-0.05, 0) is 46.3 Å². The van der Waals surface area contributed by atoms with Crippen molar-refractivity contribution in [2.24, 2.45) is 0 Å². The molecule has 9 heteroatoms. The van der Waals surface area contributed by atoms with Gasteiger partial charge in [0.05, 0.1) is 22.3 Å². The van der Waals surface area contributed by atoms with E-state index in [0.717, 1.165) is 8.96 Å². The summed E-state index contributed by atoms with van der Waals surface area (Å²) >= 11 is 12.9. The van der Waals surface area contributed by atoms with Gasteiger partial charge in [-0.25, -0.2) is 0 Å². The summed E-state index contributed by atoms with van der Waals surface area (Å²) in [5.74, 6) is 0.604. The molecule has 0 saturated heterocycles. The van der Waals surface area contributed by atoms with E-state index in [2.05, 4.69) is 31.9 Å². The molecule has 0 unspecified atom stereocenters. The molecule has 0 amide bonds. The van der Waals surface area contributed by atoms with Crippen molar-refractivity contribution in [3.05, 3.63) is 69.1 Å². The molecule has 4 rings (SSSR count). The highest BCUT2D eigenvalue weighted by atomic mass is 79.9. The van der Waals surface area contributed by atoms with Crippen molar-refractivity contribution >= 4 is 60.6 Å². The number of aromatic nitrogens is 1. The number of nitrogens with zero attached hydrogens (tertiary/aromatic N) is 2. The maximum Gasteiger partial charge on any atom is 0.738 e. The van der Waals surface area contributed by atoms with Crippen LogP contribution in [-0.2, 0) is 0 Å². The lowest BCUT2D eigenvalue weighted by molar-refractivity contribution is -0.358. The largest absolute Gasteiger partial charge is 0.738 e. The van der Waals surface area contributed by atoms with E-state index >= 15 is 8.63 Å². The second kappa shape index (κ2) is 5.82. The van der Waals surface area contributed by atoms with Crippen LogP contribution in [0.1, 0.15) is 11.3 Å². The predicted octanol–water partition coefficient (Wildman–Crippen LogP) is 5.28. The van der Waals surface area contributed by atoms with Gasteiger partial charge in [-0.15, -0.1) is 0 Å². The SMILES string of the molecule is COc1ccc(C2=C3C=CC(Br)=[N+]3[B-](F)(F)n3c(Br)ccc32)c(Cl)c1. The minimum absolute atomic E-state index is 0.306. The summed E-state index contributed by atoms with van der Waals surface area (Å²) < 4.78 is 38.1. The molecule has 2 aliphatic heterocycles. The number of hydrogen-bond donors (Lipinski definition) is 0. The van der Waals surface area contributed by atoms with Gasteiger partial charge in [0.2, 0.25) is 4.62 Å². The van der Waals surface area contributed by atoms with Crippen molar-refractivity contribution in [1.29, 1.82) is 0 Å². The molecule has 0 N–H and O–H groups in total. The van der Waals surface area contributed by atoms with Crippen LogP contribution in [0.25, 0.3) is 5.57 Å². The molecule has 0 atom stereocenters. The summed E-state index contributed by atoms with van der Waals surface area (Å²) in [6.07, 6.45) is 3.28. The average Bonchev–Trinajstić information content (AvgIpc) is 3.13. The van der Waals surface area contributed by atoms with E-state index in [1.54, 1.807) is 49.6 Å². The van der Waals surface area contributed by atoms with E-state index < -0.39 is 6.97 Å². The molecule has 0 bridgehead atoms. The Morgan fingerprint density at radius 3 is 2.60 bits per heavy atom. The minimum Gasteiger partial charge on any atom is -0.497 e. The fourth-order valence-corrected chi connectivity index (χ4v) is 4.64. The lowest BCUT2D eigenvalue weighted by Crippen LogP contribution is -2.50. The van der Waals surface area contributed by atoms with E-state index in [0.29, 0.717) is 42.5 Å². The molecule has 1 aromatic heterocycles. The molecule has 1 aromatic carbocycles. The highest BCUT2D eigenvalue weighted by Crippen LogP contribution is 2.44. The molecule has 2 aliphatic rings. The molecule has 0 spiro atoms. The average molecular weight is 490 g/mol. The van der Waals surface area contributed by atoms with E-state index in [1.807, 2.05) is 0 Å². The van der Waals surface area contributed by atoms with Crippen LogP contribution in [0.4, 0.5) is 8.63 Å². The molecule has 2 aromatic rings. The smallest absolute Gasteiger partial charge is 0.497 e. The Hall–Kier alpha value is -1.38. The maximum atomic E-state index is 15.1. The van der Waals surface area contributed by atoms with Crippen LogP contribution in [0.5, 0.6) is 5.75 Å². The van der Waals surface area contributed by atoms with Crippen LogP contribution in [0.2, 0.25) is 5.02 Å². The van der Waals surface area contributed by atoms with Crippen molar-refractivity contribution in [3.8, 4) is 5.75 Å². The monoisotopic (exact) mass is 488 g/mol. The zero-order valence-corrected chi connectivity index (χ0v) is 16.7. The second-order valence-electron chi connectivity index (χ2n) is 5.63. The number of rotatable bonds is 2. The topological polar surface area (TPSA) is 17.2 Å². The van der Waals surface area contributed by atoms with E-state index in [1.165, 1.54) is 0 Å². The quantitative estimate of drug-likeness (QED) is 0.524. The minimum atomic E-state index is -4.04. The van der Waals surface area contributed by atoms with Crippen LogP contribution in [-0.4, -0.2) is 27.7 Å². The first-order chi connectivity index (χ1) is 11.9. The van der Waals surface area contributed by atoms with Crippen LogP contribution < -0.4 is 4.74 Å². The Labute approximate surface area is 164 Å². The molecular formula is C16H10BBr2ClF2N2O. The van der Waals surface area contributed by atoms with Crippen molar-refractivity contribution in [3.63, 3.8) is 0 Å². The number of ether oxygens (including phenoxy) is 1.